The summed E-state index contributed by atoms with van der Waals surface area (Å²) in [6.07, 6.45) is 2.58. The zero-order valence-electron chi connectivity index (χ0n) is 14.1. The second-order valence-corrected chi connectivity index (χ2v) is 6.26. The minimum Gasteiger partial charge on any atom is -0.452 e. The molecule has 9 heteroatoms. The molecular weight excluding hydrogens is 395 g/mol. The van der Waals surface area contributed by atoms with Crippen molar-refractivity contribution < 1.29 is 19.2 Å². The first-order chi connectivity index (χ1) is 12.8. The number of carbonyl (C=O) groups is 2. The van der Waals surface area contributed by atoms with E-state index in [-0.39, 0.29) is 5.69 Å². The van der Waals surface area contributed by atoms with E-state index in [1.54, 1.807) is 19.1 Å². The van der Waals surface area contributed by atoms with Gasteiger partial charge in [0, 0.05) is 33.9 Å². The van der Waals surface area contributed by atoms with Gasteiger partial charge in [-0.05, 0) is 42.3 Å². The van der Waals surface area contributed by atoms with Crippen LogP contribution in [0.25, 0.3) is 6.08 Å². The minimum absolute atomic E-state index is 0.0806. The van der Waals surface area contributed by atoms with Crippen molar-refractivity contribution in [2.45, 2.75) is 6.92 Å². The van der Waals surface area contributed by atoms with Crippen molar-refractivity contribution in [3.8, 4) is 0 Å². The standard InChI is InChI=1S/C18H14Cl2N2O5/c1-11-8-14(22(25)26)5-6-16(11)21-17(23)10-27-18(24)7-3-12-2-4-13(19)9-15(12)20/h2-9H,10H2,1H3,(H,21,23)/b7-3+. The Hall–Kier alpha value is -2.90. The minimum atomic E-state index is -0.725. The molecule has 0 aliphatic heterocycles. The highest BCUT2D eigenvalue weighted by Crippen LogP contribution is 2.22. The zero-order chi connectivity index (χ0) is 20.0. The van der Waals surface area contributed by atoms with Gasteiger partial charge in [0.25, 0.3) is 11.6 Å². The first-order valence-corrected chi connectivity index (χ1v) is 8.36. The summed E-state index contributed by atoms with van der Waals surface area (Å²) in [5.74, 6) is -1.30. The van der Waals surface area contributed by atoms with Crippen molar-refractivity contribution >= 4 is 52.5 Å². The van der Waals surface area contributed by atoms with Gasteiger partial charge in [0.1, 0.15) is 0 Å². The fourth-order valence-electron chi connectivity index (χ4n) is 2.07. The number of benzene rings is 2. The highest BCUT2D eigenvalue weighted by Gasteiger charge is 2.11. The molecule has 0 atom stereocenters. The molecule has 1 N–H and O–H groups in total. The van der Waals surface area contributed by atoms with Gasteiger partial charge in [-0.15, -0.1) is 0 Å². The second kappa shape index (κ2) is 9.16. The number of anilines is 1. The summed E-state index contributed by atoms with van der Waals surface area (Å²) in [7, 11) is 0. The van der Waals surface area contributed by atoms with E-state index in [0.717, 1.165) is 6.08 Å². The topological polar surface area (TPSA) is 98.5 Å². The molecule has 140 valence electrons. The van der Waals surface area contributed by atoms with E-state index in [9.17, 15) is 19.7 Å². The molecule has 0 bridgehead atoms. The lowest BCUT2D eigenvalue weighted by molar-refractivity contribution is -0.384. The Morgan fingerprint density at radius 2 is 1.96 bits per heavy atom. The van der Waals surface area contributed by atoms with Crippen molar-refractivity contribution in [3.63, 3.8) is 0 Å². The molecule has 2 rings (SSSR count). The quantitative estimate of drug-likeness (QED) is 0.330. The molecule has 0 fully saturated rings. The monoisotopic (exact) mass is 408 g/mol. The van der Waals surface area contributed by atoms with E-state index in [1.807, 2.05) is 0 Å². The summed E-state index contributed by atoms with van der Waals surface area (Å²) in [5.41, 5.74) is 1.40. The number of amides is 1. The number of rotatable bonds is 6. The van der Waals surface area contributed by atoms with Crippen molar-refractivity contribution in [2.75, 3.05) is 11.9 Å². The van der Waals surface area contributed by atoms with Crippen LogP contribution in [-0.2, 0) is 14.3 Å². The molecule has 0 heterocycles. The maximum absolute atomic E-state index is 11.9. The number of hydrogen-bond donors (Lipinski definition) is 1. The molecule has 0 spiro atoms. The van der Waals surface area contributed by atoms with Gasteiger partial charge in [-0.3, -0.25) is 14.9 Å². The molecular formula is C18H14Cl2N2O5. The maximum Gasteiger partial charge on any atom is 0.331 e. The van der Waals surface area contributed by atoms with Gasteiger partial charge in [0.2, 0.25) is 0 Å². The number of nitro groups is 1. The lowest BCUT2D eigenvalue weighted by Crippen LogP contribution is -2.20. The molecule has 0 aliphatic rings. The first kappa shape index (κ1) is 20.4. The van der Waals surface area contributed by atoms with Gasteiger partial charge in [-0.25, -0.2) is 4.79 Å². The lowest BCUT2D eigenvalue weighted by Gasteiger charge is -2.08. The largest absolute Gasteiger partial charge is 0.452 e. The number of nitrogens with one attached hydrogen (secondary N) is 1. The third-order valence-electron chi connectivity index (χ3n) is 3.40. The molecule has 0 aromatic heterocycles. The Kier molecular flexibility index (Phi) is 6.92. The van der Waals surface area contributed by atoms with Crippen LogP contribution in [0.5, 0.6) is 0 Å². The fourth-order valence-corrected chi connectivity index (χ4v) is 2.54. The normalized spacial score (nSPS) is 10.6. The predicted molar refractivity (Wildman–Crippen MR) is 103 cm³/mol. The Labute approximate surface area is 164 Å². The van der Waals surface area contributed by atoms with Crippen molar-refractivity contribution in [1.29, 1.82) is 0 Å². The number of aryl methyl sites for hydroxylation is 1. The van der Waals surface area contributed by atoms with E-state index in [0.29, 0.717) is 26.9 Å². The average molecular weight is 409 g/mol. The first-order valence-electron chi connectivity index (χ1n) is 7.61. The molecule has 0 radical (unpaired) electrons. The SMILES string of the molecule is Cc1cc([N+](=O)[O-])ccc1NC(=O)COC(=O)/C=C/c1ccc(Cl)cc1Cl. The van der Waals surface area contributed by atoms with Crippen molar-refractivity contribution in [2.24, 2.45) is 0 Å². The number of nitrogens with zero attached hydrogens (tertiary/aromatic N) is 1. The van der Waals surface area contributed by atoms with Gasteiger partial charge in [-0.1, -0.05) is 29.3 Å². The number of nitro benzene ring substituents is 1. The number of ether oxygens (including phenoxy) is 1. The number of carbonyl (C=O) groups excluding carboxylic acids is 2. The fraction of sp³-hybridized carbons (Fsp3) is 0.111. The molecule has 1 amide bonds. The number of esters is 1. The summed E-state index contributed by atoms with van der Waals surface area (Å²) in [6.45, 7) is 1.11. The van der Waals surface area contributed by atoms with E-state index in [1.165, 1.54) is 30.3 Å². The van der Waals surface area contributed by atoms with Gasteiger partial charge in [0.05, 0.1) is 4.92 Å². The molecule has 0 aliphatic carbocycles. The zero-order valence-corrected chi connectivity index (χ0v) is 15.6. The van der Waals surface area contributed by atoms with Crippen LogP contribution in [0.15, 0.2) is 42.5 Å². The highest BCUT2D eigenvalue weighted by atomic mass is 35.5. The van der Waals surface area contributed by atoms with Gasteiger partial charge in [-0.2, -0.15) is 0 Å². The van der Waals surface area contributed by atoms with Crippen LogP contribution in [0.3, 0.4) is 0 Å². The molecule has 7 nitrogen and oxygen atoms in total. The maximum atomic E-state index is 11.9. The van der Waals surface area contributed by atoms with Crippen LogP contribution < -0.4 is 5.32 Å². The van der Waals surface area contributed by atoms with Crippen LogP contribution in [0, 0.1) is 17.0 Å². The third-order valence-corrected chi connectivity index (χ3v) is 3.96. The van der Waals surface area contributed by atoms with Crippen LogP contribution in [0.4, 0.5) is 11.4 Å². The number of halogens is 2. The molecule has 27 heavy (non-hydrogen) atoms. The summed E-state index contributed by atoms with van der Waals surface area (Å²) >= 11 is 11.8. The molecule has 2 aromatic rings. The third kappa shape index (κ3) is 6.09. The van der Waals surface area contributed by atoms with Gasteiger partial charge < -0.3 is 10.1 Å². The Balaban J connectivity index is 1.88. The number of hydrogen-bond acceptors (Lipinski definition) is 5. The van der Waals surface area contributed by atoms with Crippen LogP contribution >= 0.6 is 23.2 Å². The van der Waals surface area contributed by atoms with Gasteiger partial charge in [0.15, 0.2) is 6.61 Å². The smallest absolute Gasteiger partial charge is 0.331 e. The Morgan fingerprint density at radius 3 is 2.59 bits per heavy atom. The summed E-state index contributed by atoms with van der Waals surface area (Å²) in [4.78, 5) is 33.8. The summed E-state index contributed by atoms with van der Waals surface area (Å²) in [6, 6.07) is 8.81. The van der Waals surface area contributed by atoms with E-state index < -0.39 is 23.4 Å². The van der Waals surface area contributed by atoms with E-state index in [2.05, 4.69) is 5.32 Å². The molecule has 0 saturated heterocycles. The Bertz CT molecular complexity index is 928. The molecule has 0 unspecified atom stereocenters. The predicted octanol–water partition coefficient (Wildman–Crippen LogP) is 4.41. The number of non-ortho nitro benzene ring substituents is 1. The average Bonchev–Trinajstić information content (AvgIpc) is 2.60. The van der Waals surface area contributed by atoms with Gasteiger partial charge >= 0.3 is 5.97 Å². The van der Waals surface area contributed by atoms with Crippen LogP contribution in [-0.4, -0.2) is 23.4 Å². The molecule has 2 aromatic carbocycles. The van der Waals surface area contributed by atoms with Crippen LogP contribution in [0.2, 0.25) is 10.0 Å². The van der Waals surface area contributed by atoms with E-state index >= 15 is 0 Å². The Morgan fingerprint density at radius 1 is 1.22 bits per heavy atom. The van der Waals surface area contributed by atoms with Crippen LogP contribution in [0.1, 0.15) is 11.1 Å². The highest BCUT2D eigenvalue weighted by molar-refractivity contribution is 6.35. The second-order valence-electron chi connectivity index (χ2n) is 5.41. The van der Waals surface area contributed by atoms with Crippen molar-refractivity contribution in [1.82, 2.24) is 0 Å². The van der Waals surface area contributed by atoms with Crippen molar-refractivity contribution in [3.05, 3.63) is 73.8 Å². The summed E-state index contributed by atoms with van der Waals surface area (Å²) in [5, 5.41) is 14.1. The molecule has 0 saturated carbocycles. The van der Waals surface area contributed by atoms with E-state index in [4.69, 9.17) is 27.9 Å². The summed E-state index contributed by atoms with van der Waals surface area (Å²) < 4.78 is 4.85. The lowest BCUT2D eigenvalue weighted by atomic mass is 10.2.